The van der Waals surface area contributed by atoms with Crippen LogP contribution < -0.4 is 5.32 Å². The van der Waals surface area contributed by atoms with Gasteiger partial charge in [-0.2, -0.15) is 0 Å². The Kier molecular flexibility index (Phi) is 4.27. The molecule has 0 aromatic heterocycles. The van der Waals surface area contributed by atoms with Crippen molar-refractivity contribution in [3.63, 3.8) is 0 Å². The Bertz CT molecular complexity index is 401. The minimum Gasteiger partial charge on any atom is -0.277 e. The minimum atomic E-state index is -1.17. The van der Waals surface area contributed by atoms with Crippen molar-refractivity contribution in [2.45, 2.75) is 33.6 Å². The molecule has 5 heteroatoms. The monoisotopic (exact) mass is 252 g/mol. The lowest BCUT2D eigenvalue weighted by Crippen LogP contribution is -2.64. The van der Waals surface area contributed by atoms with Crippen LogP contribution in [-0.4, -0.2) is 29.8 Å². The van der Waals surface area contributed by atoms with E-state index in [0.717, 1.165) is 11.3 Å². The van der Waals surface area contributed by atoms with Crippen LogP contribution in [0.1, 0.15) is 33.6 Å². The molecule has 0 aliphatic carbocycles. The highest BCUT2D eigenvalue weighted by atomic mass is 16.2. The highest BCUT2D eigenvalue weighted by molar-refractivity contribution is 6.19. The molecule has 100 valence electrons. The maximum atomic E-state index is 12.3. The second-order valence-electron chi connectivity index (χ2n) is 4.83. The van der Waals surface area contributed by atoms with E-state index >= 15 is 0 Å². The van der Waals surface area contributed by atoms with Crippen molar-refractivity contribution in [2.75, 3.05) is 7.05 Å². The van der Waals surface area contributed by atoms with E-state index in [2.05, 4.69) is 5.32 Å². The van der Waals surface area contributed by atoms with Crippen LogP contribution in [0.5, 0.6) is 0 Å². The predicted molar refractivity (Wildman–Crippen MR) is 67.6 cm³/mol. The molecule has 0 bridgehead atoms. The van der Waals surface area contributed by atoms with Crippen LogP contribution in [0.3, 0.4) is 0 Å². The number of amides is 4. The normalized spacial score (nSPS) is 25.2. The molecule has 0 radical (unpaired) electrons. The fraction of sp³-hybridized carbons (Fsp3) is 0.615. The van der Waals surface area contributed by atoms with Crippen LogP contribution >= 0.6 is 0 Å². The molecule has 5 nitrogen and oxygen atoms in total. The lowest BCUT2D eigenvalue weighted by Gasteiger charge is -2.40. The summed E-state index contributed by atoms with van der Waals surface area (Å²) in [4.78, 5) is 36.8. The quantitative estimate of drug-likeness (QED) is 0.611. The Hall–Kier alpha value is -1.65. The van der Waals surface area contributed by atoms with Gasteiger partial charge >= 0.3 is 6.03 Å². The summed E-state index contributed by atoms with van der Waals surface area (Å²) in [6.07, 6.45) is 4.92. The SMILES string of the molecule is CCC=CCC1(C(C)C)C(=O)NC(=O)N(C)C1=O. The highest BCUT2D eigenvalue weighted by Gasteiger charge is 2.53. The fourth-order valence-corrected chi connectivity index (χ4v) is 2.14. The molecule has 1 rings (SSSR count). The van der Waals surface area contributed by atoms with E-state index in [1.165, 1.54) is 7.05 Å². The Morgan fingerprint density at radius 3 is 2.39 bits per heavy atom. The van der Waals surface area contributed by atoms with E-state index in [4.69, 9.17) is 0 Å². The number of hydrogen-bond donors (Lipinski definition) is 1. The molecule has 0 spiro atoms. The summed E-state index contributed by atoms with van der Waals surface area (Å²) < 4.78 is 0. The van der Waals surface area contributed by atoms with Crippen molar-refractivity contribution in [2.24, 2.45) is 11.3 Å². The molecule has 1 aliphatic rings. The smallest absolute Gasteiger partial charge is 0.277 e. The summed E-state index contributed by atoms with van der Waals surface area (Å²) in [7, 11) is 1.39. The molecule has 0 saturated carbocycles. The van der Waals surface area contributed by atoms with E-state index < -0.39 is 23.3 Å². The molecule has 1 atom stereocenters. The molecule has 4 amide bonds. The molecular formula is C13H20N2O3. The van der Waals surface area contributed by atoms with Gasteiger partial charge in [-0.15, -0.1) is 0 Å². The van der Waals surface area contributed by atoms with Gasteiger partial charge in [0.15, 0.2) is 0 Å². The van der Waals surface area contributed by atoms with Crippen LogP contribution in [0.15, 0.2) is 12.2 Å². The standard InChI is InChI=1S/C13H20N2O3/c1-5-6-7-8-13(9(2)3)10(16)14-12(18)15(4)11(13)17/h6-7,9H,5,8H2,1-4H3,(H,14,16,18). The van der Waals surface area contributed by atoms with Crippen molar-refractivity contribution in [1.29, 1.82) is 0 Å². The molecular weight excluding hydrogens is 232 g/mol. The van der Waals surface area contributed by atoms with Crippen LogP contribution in [-0.2, 0) is 9.59 Å². The molecule has 1 fully saturated rings. The van der Waals surface area contributed by atoms with E-state index in [9.17, 15) is 14.4 Å². The van der Waals surface area contributed by atoms with Crippen molar-refractivity contribution < 1.29 is 14.4 Å². The summed E-state index contributed by atoms with van der Waals surface area (Å²) in [6.45, 7) is 5.62. The van der Waals surface area contributed by atoms with Crippen molar-refractivity contribution >= 4 is 17.8 Å². The summed E-state index contributed by atoms with van der Waals surface area (Å²) in [5.41, 5.74) is -1.17. The van der Waals surface area contributed by atoms with Gasteiger partial charge in [-0.05, 0) is 18.8 Å². The summed E-state index contributed by atoms with van der Waals surface area (Å²) in [5, 5.41) is 2.25. The van der Waals surface area contributed by atoms with Gasteiger partial charge in [0.05, 0.1) is 0 Å². The molecule has 1 aliphatic heterocycles. The zero-order valence-electron chi connectivity index (χ0n) is 11.3. The van der Waals surface area contributed by atoms with Gasteiger partial charge in [0.1, 0.15) is 5.41 Å². The van der Waals surface area contributed by atoms with Crippen LogP contribution in [0.2, 0.25) is 0 Å². The first-order valence-electron chi connectivity index (χ1n) is 6.16. The van der Waals surface area contributed by atoms with Crippen molar-refractivity contribution in [3.8, 4) is 0 Å². The first-order valence-corrected chi connectivity index (χ1v) is 6.16. The minimum absolute atomic E-state index is 0.179. The zero-order chi connectivity index (χ0) is 13.9. The first kappa shape index (κ1) is 14.4. The Balaban J connectivity index is 3.15. The topological polar surface area (TPSA) is 66.5 Å². The largest absolute Gasteiger partial charge is 0.330 e. The molecule has 1 saturated heterocycles. The lowest BCUT2D eigenvalue weighted by atomic mass is 9.71. The zero-order valence-corrected chi connectivity index (χ0v) is 11.3. The van der Waals surface area contributed by atoms with Crippen molar-refractivity contribution in [1.82, 2.24) is 10.2 Å². The lowest BCUT2D eigenvalue weighted by molar-refractivity contribution is -0.153. The van der Waals surface area contributed by atoms with E-state index in [1.807, 2.05) is 32.9 Å². The number of allylic oxidation sites excluding steroid dienone is 2. The van der Waals surface area contributed by atoms with Crippen LogP contribution in [0, 0.1) is 11.3 Å². The molecule has 1 N–H and O–H groups in total. The first-order chi connectivity index (χ1) is 8.37. The van der Waals surface area contributed by atoms with Crippen molar-refractivity contribution in [3.05, 3.63) is 12.2 Å². The second kappa shape index (κ2) is 5.33. The van der Waals surface area contributed by atoms with E-state index in [0.29, 0.717) is 6.42 Å². The predicted octanol–water partition coefficient (Wildman–Crippen LogP) is 1.69. The van der Waals surface area contributed by atoms with Gasteiger partial charge in [0.25, 0.3) is 0 Å². The molecule has 1 unspecified atom stereocenters. The van der Waals surface area contributed by atoms with Crippen LogP contribution in [0.4, 0.5) is 4.79 Å². The second-order valence-corrected chi connectivity index (χ2v) is 4.83. The van der Waals surface area contributed by atoms with Gasteiger partial charge in [0, 0.05) is 7.05 Å². The highest BCUT2D eigenvalue weighted by Crippen LogP contribution is 2.36. The maximum absolute atomic E-state index is 12.3. The number of hydrogen-bond acceptors (Lipinski definition) is 3. The maximum Gasteiger partial charge on any atom is 0.330 e. The Morgan fingerprint density at radius 1 is 1.28 bits per heavy atom. The third kappa shape index (κ3) is 2.17. The molecule has 1 heterocycles. The number of barbiturate groups is 1. The number of rotatable bonds is 4. The van der Waals surface area contributed by atoms with E-state index in [1.54, 1.807) is 0 Å². The molecule has 18 heavy (non-hydrogen) atoms. The molecule has 0 aromatic rings. The van der Waals surface area contributed by atoms with Gasteiger partial charge < -0.3 is 0 Å². The van der Waals surface area contributed by atoms with Crippen LogP contribution in [0.25, 0.3) is 0 Å². The number of nitrogens with zero attached hydrogens (tertiary/aromatic N) is 1. The third-order valence-electron chi connectivity index (χ3n) is 3.44. The van der Waals surface area contributed by atoms with E-state index in [-0.39, 0.29) is 5.92 Å². The average Bonchev–Trinajstić information content (AvgIpc) is 2.30. The number of urea groups is 1. The fourth-order valence-electron chi connectivity index (χ4n) is 2.14. The summed E-state index contributed by atoms with van der Waals surface area (Å²) in [5.74, 6) is -1.10. The van der Waals surface area contributed by atoms with Gasteiger partial charge in [0.2, 0.25) is 11.8 Å². The summed E-state index contributed by atoms with van der Waals surface area (Å²) in [6, 6.07) is -0.652. The number of imide groups is 2. The molecule has 0 aromatic carbocycles. The van der Waals surface area contributed by atoms with Gasteiger partial charge in [-0.3, -0.25) is 19.8 Å². The Morgan fingerprint density at radius 2 is 1.89 bits per heavy atom. The van der Waals surface area contributed by atoms with Gasteiger partial charge in [-0.25, -0.2) is 4.79 Å². The number of carbonyl (C=O) groups is 3. The number of carbonyl (C=O) groups excluding carboxylic acids is 3. The Labute approximate surface area is 107 Å². The average molecular weight is 252 g/mol. The summed E-state index contributed by atoms with van der Waals surface area (Å²) >= 11 is 0. The van der Waals surface area contributed by atoms with Gasteiger partial charge in [-0.1, -0.05) is 32.9 Å². The number of nitrogens with one attached hydrogen (secondary N) is 1. The third-order valence-corrected chi connectivity index (χ3v) is 3.44.